The zero-order chi connectivity index (χ0) is 25.6. The molecule has 1 saturated heterocycles. The number of aliphatic imine (C=N–C) groups is 1. The van der Waals surface area contributed by atoms with Gasteiger partial charge in [0.2, 0.25) is 0 Å². The molecule has 0 amide bonds. The Kier molecular flexibility index (Phi) is 8.18. The molecule has 37 heavy (non-hydrogen) atoms. The zero-order valence-electron chi connectivity index (χ0n) is 21.4. The number of allylic oxidation sites excluding steroid dienone is 1. The number of morpholine rings is 1. The van der Waals surface area contributed by atoms with Crippen molar-refractivity contribution < 1.29 is 18.6 Å². The average Bonchev–Trinajstić information content (AvgIpc) is 2.90. The highest BCUT2D eigenvalue weighted by atomic mass is 19.1. The number of pyridine rings is 1. The third-order valence-corrected chi connectivity index (χ3v) is 6.68. The van der Waals surface area contributed by atoms with Crippen LogP contribution in [0.25, 0.3) is 0 Å². The van der Waals surface area contributed by atoms with E-state index >= 15 is 0 Å². The van der Waals surface area contributed by atoms with Crippen molar-refractivity contribution in [1.82, 2.24) is 24.8 Å². The van der Waals surface area contributed by atoms with Crippen LogP contribution in [0.2, 0.25) is 0 Å². The lowest BCUT2D eigenvalue weighted by atomic mass is 9.95. The number of amidine groups is 1. The Morgan fingerprint density at radius 1 is 1.16 bits per heavy atom. The van der Waals surface area contributed by atoms with Gasteiger partial charge in [0.1, 0.15) is 23.9 Å². The molecular weight excluding hydrogens is 475 g/mol. The lowest BCUT2D eigenvalue weighted by Gasteiger charge is -2.32. The first-order valence-corrected chi connectivity index (χ1v) is 12.7. The molecular formula is C27H33FN6O3. The van der Waals surface area contributed by atoms with Gasteiger partial charge in [0, 0.05) is 45.0 Å². The van der Waals surface area contributed by atoms with Gasteiger partial charge in [-0.2, -0.15) is 9.97 Å². The highest BCUT2D eigenvalue weighted by molar-refractivity contribution is 6.01. The minimum atomic E-state index is -0.399. The highest BCUT2D eigenvalue weighted by Gasteiger charge is 2.26. The van der Waals surface area contributed by atoms with E-state index in [1.807, 2.05) is 6.92 Å². The molecule has 1 aliphatic carbocycles. The van der Waals surface area contributed by atoms with E-state index in [0.29, 0.717) is 61.0 Å². The summed E-state index contributed by atoms with van der Waals surface area (Å²) in [5.74, 6) is 0.749. The molecule has 9 nitrogen and oxygen atoms in total. The maximum absolute atomic E-state index is 14.1. The predicted molar refractivity (Wildman–Crippen MR) is 138 cm³/mol. The molecule has 0 bridgehead atoms. The van der Waals surface area contributed by atoms with Gasteiger partial charge in [0.15, 0.2) is 0 Å². The van der Waals surface area contributed by atoms with Crippen molar-refractivity contribution in [3.63, 3.8) is 0 Å². The first-order valence-electron chi connectivity index (χ1n) is 12.7. The first kappa shape index (κ1) is 25.4. The monoisotopic (exact) mass is 508 g/mol. The number of fused-ring (bicyclic) bond motifs is 1. The van der Waals surface area contributed by atoms with E-state index in [9.17, 15) is 4.39 Å². The molecule has 2 aromatic rings. The van der Waals surface area contributed by atoms with Crippen LogP contribution >= 0.6 is 0 Å². The summed E-state index contributed by atoms with van der Waals surface area (Å²) < 4.78 is 30.3. The van der Waals surface area contributed by atoms with E-state index in [1.165, 1.54) is 17.8 Å². The Morgan fingerprint density at radius 2 is 2.03 bits per heavy atom. The van der Waals surface area contributed by atoms with Crippen LogP contribution in [0.4, 0.5) is 10.1 Å². The minimum absolute atomic E-state index is 0.307. The van der Waals surface area contributed by atoms with E-state index < -0.39 is 5.82 Å². The molecule has 0 spiro atoms. The van der Waals surface area contributed by atoms with Crippen molar-refractivity contribution in [1.29, 1.82) is 0 Å². The van der Waals surface area contributed by atoms with Crippen molar-refractivity contribution in [2.45, 2.75) is 19.9 Å². The average molecular weight is 509 g/mol. The van der Waals surface area contributed by atoms with E-state index in [-0.39, 0.29) is 0 Å². The van der Waals surface area contributed by atoms with Crippen molar-refractivity contribution in [2.75, 3.05) is 59.7 Å². The SMILES string of the molecule is COCCOc1nc(C)c2c(n1)CN(CC1=CCC(CN3CCOCC3)C=C1)C(c1cncc(F)c1)=N2. The molecule has 0 N–H and O–H groups in total. The van der Waals surface area contributed by atoms with Gasteiger partial charge >= 0.3 is 6.01 Å². The molecule has 3 aliphatic rings. The molecule has 2 aromatic heterocycles. The molecule has 0 aromatic carbocycles. The molecule has 4 heterocycles. The van der Waals surface area contributed by atoms with Gasteiger partial charge in [-0.1, -0.05) is 18.2 Å². The molecule has 1 fully saturated rings. The summed E-state index contributed by atoms with van der Waals surface area (Å²) in [5, 5.41) is 0. The zero-order valence-corrected chi connectivity index (χ0v) is 21.4. The van der Waals surface area contributed by atoms with E-state index in [2.05, 4.69) is 43.0 Å². The smallest absolute Gasteiger partial charge is 0.317 e. The van der Waals surface area contributed by atoms with Gasteiger partial charge in [-0.15, -0.1) is 0 Å². The predicted octanol–water partition coefficient (Wildman–Crippen LogP) is 3.07. The van der Waals surface area contributed by atoms with Gasteiger partial charge in [0.25, 0.3) is 0 Å². The number of aryl methyl sites for hydroxylation is 1. The standard InChI is InChI=1S/C27H33FN6O3/c1-19-25-24(31-27(30-19)37-12-11-35-2)18-34(26(32-25)22-13-23(28)15-29-14-22)17-21-5-3-20(4-6-21)16-33-7-9-36-10-8-33/h3,5-6,13-15,20H,4,7-12,16-18H2,1-2H3. The van der Waals surface area contributed by atoms with Crippen LogP contribution in [0, 0.1) is 18.7 Å². The highest BCUT2D eigenvalue weighted by Crippen LogP contribution is 2.32. The molecule has 5 rings (SSSR count). The number of nitrogens with zero attached hydrogens (tertiary/aromatic N) is 6. The lowest BCUT2D eigenvalue weighted by molar-refractivity contribution is 0.0335. The summed E-state index contributed by atoms with van der Waals surface area (Å²) >= 11 is 0. The number of hydrogen-bond donors (Lipinski definition) is 0. The molecule has 2 aliphatic heterocycles. The van der Waals surface area contributed by atoms with Gasteiger partial charge in [-0.25, -0.2) is 9.38 Å². The Morgan fingerprint density at radius 3 is 2.78 bits per heavy atom. The van der Waals surface area contributed by atoms with Crippen LogP contribution in [0.3, 0.4) is 0 Å². The van der Waals surface area contributed by atoms with E-state index in [4.69, 9.17) is 19.2 Å². The third kappa shape index (κ3) is 6.38. The fourth-order valence-electron chi connectivity index (χ4n) is 4.78. The second-order valence-corrected chi connectivity index (χ2v) is 9.46. The summed E-state index contributed by atoms with van der Waals surface area (Å²) in [5.41, 5.74) is 3.99. The largest absolute Gasteiger partial charge is 0.461 e. The molecule has 0 saturated carbocycles. The first-order chi connectivity index (χ1) is 18.1. The molecule has 0 radical (unpaired) electrons. The van der Waals surface area contributed by atoms with Crippen LogP contribution < -0.4 is 4.74 Å². The second kappa shape index (κ2) is 11.9. The second-order valence-electron chi connectivity index (χ2n) is 9.46. The van der Waals surface area contributed by atoms with Gasteiger partial charge in [-0.05, 0) is 30.9 Å². The number of aromatic nitrogens is 3. The normalized spacial score (nSPS) is 19.9. The van der Waals surface area contributed by atoms with E-state index in [1.54, 1.807) is 13.3 Å². The van der Waals surface area contributed by atoms with Crippen molar-refractivity contribution in [2.24, 2.45) is 10.9 Å². The summed E-state index contributed by atoms with van der Waals surface area (Å²) in [6.07, 6.45) is 10.6. The fourth-order valence-corrected chi connectivity index (χ4v) is 4.78. The van der Waals surface area contributed by atoms with Crippen LogP contribution in [-0.2, 0) is 16.0 Å². The van der Waals surface area contributed by atoms with Gasteiger partial charge in [0.05, 0.1) is 44.0 Å². The Hall–Kier alpha value is -3.21. The van der Waals surface area contributed by atoms with Gasteiger partial charge in [-0.3, -0.25) is 9.88 Å². The quantitative estimate of drug-likeness (QED) is 0.478. The van der Waals surface area contributed by atoms with E-state index in [0.717, 1.165) is 45.0 Å². The summed E-state index contributed by atoms with van der Waals surface area (Å²) in [6, 6.07) is 1.77. The molecule has 1 atom stereocenters. The summed E-state index contributed by atoms with van der Waals surface area (Å²) in [6.45, 7) is 8.48. The lowest BCUT2D eigenvalue weighted by Crippen LogP contribution is -2.39. The summed E-state index contributed by atoms with van der Waals surface area (Å²) in [4.78, 5) is 22.6. The third-order valence-electron chi connectivity index (χ3n) is 6.68. The van der Waals surface area contributed by atoms with Crippen LogP contribution in [-0.4, -0.2) is 90.3 Å². The number of rotatable bonds is 9. The Bertz CT molecular complexity index is 1190. The number of methoxy groups -OCH3 is 1. The summed E-state index contributed by atoms with van der Waals surface area (Å²) in [7, 11) is 1.62. The maximum Gasteiger partial charge on any atom is 0.317 e. The minimum Gasteiger partial charge on any atom is -0.461 e. The van der Waals surface area contributed by atoms with Gasteiger partial charge < -0.3 is 19.1 Å². The fraction of sp³-hybridized carbons (Fsp3) is 0.481. The van der Waals surface area contributed by atoms with Crippen LogP contribution in [0.1, 0.15) is 23.4 Å². The molecule has 196 valence electrons. The Labute approximate surface area is 216 Å². The topological polar surface area (TPSA) is 85.2 Å². The maximum atomic E-state index is 14.1. The van der Waals surface area contributed by atoms with Crippen molar-refractivity contribution in [3.8, 4) is 6.01 Å². The molecule has 1 unspecified atom stereocenters. The van der Waals surface area contributed by atoms with Crippen molar-refractivity contribution in [3.05, 3.63) is 65.0 Å². The Balaban J connectivity index is 1.35. The van der Waals surface area contributed by atoms with Crippen molar-refractivity contribution >= 4 is 11.5 Å². The molecule has 10 heteroatoms. The number of ether oxygens (including phenoxy) is 3. The number of hydrogen-bond acceptors (Lipinski definition) is 9. The number of halogens is 1. The van der Waals surface area contributed by atoms with Crippen LogP contribution in [0.5, 0.6) is 6.01 Å². The van der Waals surface area contributed by atoms with Crippen LogP contribution in [0.15, 0.2) is 47.3 Å².